The van der Waals surface area contributed by atoms with Crippen LogP contribution in [0.4, 0.5) is 14.5 Å². The number of ether oxygens (including phenoxy) is 1. The van der Waals surface area contributed by atoms with Gasteiger partial charge in [-0.1, -0.05) is 0 Å². The van der Waals surface area contributed by atoms with Crippen LogP contribution in [-0.2, 0) is 24.3 Å². The summed E-state index contributed by atoms with van der Waals surface area (Å²) in [6.45, 7) is -0.223. The van der Waals surface area contributed by atoms with Crippen LogP contribution in [0.2, 0.25) is 0 Å². The summed E-state index contributed by atoms with van der Waals surface area (Å²) < 4.78 is 55.4. The number of piperidine rings is 1. The first kappa shape index (κ1) is 19.3. The topological polar surface area (TPSA) is 92.8 Å². The standard InChI is InChI=1S/C15H18F2N2O5S/c1-25(22,23)19-6-4-10(5-7-19)15(21)24-9-14(20)18-13-8-11(16)2-3-12(13)17/h2-3,8,10H,4-7,9H2,1H3,(H,18,20). The quantitative estimate of drug-likeness (QED) is 0.778. The predicted octanol–water partition coefficient (Wildman–Crippen LogP) is 1.12. The first-order valence-corrected chi connectivity index (χ1v) is 9.38. The van der Waals surface area contributed by atoms with E-state index in [1.165, 1.54) is 4.31 Å². The van der Waals surface area contributed by atoms with Crippen LogP contribution < -0.4 is 5.32 Å². The number of hydrogen-bond acceptors (Lipinski definition) is 5. The van der Waals surface area contributed by atoms with Crippen molar-refractivity contribution >= 4 is 27.6 Å². The van der Waals surface area contributed by atoms with Gasteiger partial charge in [0.25, 0.3) is 5.91 Å². The molecule has 0 aliphatic carbocycles. The molecule has 25 heavy (non-hydrogen) atoms. The van der Waals surface area contributed by atoms with Gasteiger partial charge >= 0.3 is 5.97 Å². The van der Waals surface area contributed by atoms with Crippen molar-refractivity contribution in [3.05, 3.63) is 29.8 Å². The number of carbonyl (C=O) groups excluding carboxylic acids is 2. The Kier molecular flexibility index (Phi) is 6.07. The monoisotopic (exact) mass is 376 g/mol. The predicted molar refractivity (Wildman–Crippen MR) is 85.1 cm³/mol. The molecule has 1 aliphatic heterocycles. The summed E-state index contributed by atoms with van der Waals surface area (Å²) in [5.74, 6) is -3.45. The van der Waals surface area contributed by atoms with Gasteiger partial charge in [-0.25, -0.2) is 21.5 Å². The van der Waals surface area contributed by atoms with Crippen LogP contribution in [0.1, 0.15) is 12.8 Å². The first-order valence-electron chi connectivity index (χ1n) is 7.53. The molecule has 2 rings (SSSR count). The molecule has 0 radical (unpaired) electrons. The van der Waals surface area contributed by atoms with Crippen molar-refractivity contribution in [1.29, 1.82) is 0 Å². The van der Waals surface area contributed by atoms with Crippen molar-refractivity contribution < 1.29 is 31.5 Å². The second-order valence-electron chi connectivity index (χ2n) is 5.72. The Morgan fingerprint density at radius 1 is 1.28 bits per heavy atom. The maximum atomic E-state index is 13.4. The zero-order valence-electron chi connectivity index (χ0n) is 13.5. The summed E-state index contributed by atoms with van der Waals surface area (Å²) in [5.41, 5.74) is -0.345. The van der Waals surface area contributed by atoms with Gasteiger partial charge in [0.2, 0.25) is 10.0 Å². The summed E-state index contributed by atoms with van der Waals surface area (Å²) in [5, 5.41) is 2.12. The Labute approximate surface area is 144 Å². The molecule has 0 aromatic heterocycles. The van der Waals surface area contributed by atoms with Crippen molar-refractivity contribution in [2.45, 2.75) is 12.8 Å². The molecule has 0 saturated carbocycles. The summed E-state index contributed by atoms with van der Waals surface area (Å²) in [6.07, 6.45) is 1.69. The van der Waals surface area contributed by atoms with Crippen LogP contribution in [0.3, 0.4) is 0 Å². The van der Waals surface area contributed by atoms with Gasteiger partial charge in [-0.15, -0.1) is 0 Å². The largest absolute Gasteiger partial charge is 0.455 e. The highest BCUT2D eigenvalue weighted by Gasteiger charge is 2.30. The molecule has 0 spiro atoms. The van der Waals surface area contributed by atoms with Crippen molar-refractivity contribution in [3.63, 3.8) is 0 Å². The summed E-state index contributed by atoms with van der Waals surface area (Å²) >= 11 is 0. The third kappa shape index (κ3) is 5.46. The maximum absolute atomic E-state index is 13.4. The van der Waals surface area contributed by atoms with E-state index in [9.17, 15) is 26.8 Å². The lowest BCUT2D eigenvalue weighted by Crippen LogP contribution is -2.40. The molecule has 1 aromatic carbocycles. The summed E-state index contributed by atoms with van der Waals surface area (Å²) in [6, 6.07) is 2.59. The van der Waals surface area contributed by atoms with Gasteiger partial charge in [-0.3, -0.25) is 9.59 Å². The zero-order chi connectivity index (χ0) is 18.6. The number of benzene rings is 1. The minimum Gasteiger partial charge on any atom is -0.455 e. The van der Waals surface area contributed by atoms with Gasteiger partial charge in [-0.2, -0.15) is 0 Å². The van der Waals surface area contributed by atoms with Crippen molar-refractivity contribution in [3.8, 4) is 0 Å². The number of anilines is 1. The SMILES string of the molecule is CS(=O)(=O)N1CCC(C(=O)OCC(=O)Nc2cc(F)ccc2F)CC1. The molecule has 7 nitrogen and oxygen atoms in total. The van der Waals surface area contributed by atoms with Crippen molar-refractivity contribution in [2.24, 2.45) is 5.92 Å². The molecule has 1 aromatic rings. The van der Waals surface area contributed by atoms with Crippen molar-refractivity contribution in [1.82, 2.24) is 4.31 Å². The van der Waals surface area contributed by atoms with Gasteiger partial charge in [0.1, 0.15) is 11.6 Å². The number of amides is 1. The number of nitrogens with one attached hydrogen (secondary N) is 1. The van der Waals surface area contributed by atoms with Crippen molar-refractivity contribution in [2.75, 3.05) is 31.3 Å². The average molecular weight is 376 g/mol. The van der Waals surface area contributed by atoms with Crippen LogP contribution in [0.15, 0.2) is 18.2 Å². The fourth-order valence-corrected chi connectivity index (χ4v) is 3.33. The Morgan fingerprint density at radius 3 is 2.52 bits per heavy atom. The molecule has 1 aliphatic rings. The van der Waals surface area contributed by atoms with E-state index in [1.54, 1.807) is 0 Å². The third-order valence-corrected chi connectivity index (χ3v) is 5.11. The Balaban J connectivity index is 1.80. The van der Waals surface area contributed by atoms with Crippen LogP contribution in [0.5, 0.6) is 0 Å². The van der Waals surface area contributed by atoms with E-state index in [4.69, 9.17) is 4.74 Å². The van der Waals surface area contributed by atoms with Crippen LogP contribution in [-0.4, -0.2) is 50.6 Å². The third-order valence-electron chi connectivity index (χ3n) is 3.80. The molecule has 1 N–H and O–H groups in total. The summed E-state index contributed by atoms with van der Waals surface area (Å²) in [4.78, 5) is 23.6. The number of sulfonamides is 1. The van der Waals surface area contributed by atoms with E-state index in [-0.39, 0.29) is 18.8 Å². The van der Waals surface area contributed by atoms with E-state index in [0.29, 0.717) is 12.8 Å². The minimum atomic E-state index is -3.29. The zero-order valence-corrected chi connectivity index (χ0v) is 14.3. The molecule has 1 fully saturated rings. The lowest BCUT2D eigenvalue weighted by molar-refractivity contribution is -0.152. The highest BCUT2D eigenvalue weighted by atomic mass is 32.2. The number of nitrogens with zero attached hydrogens (tertiary/aromatic N) is 1. The summed E-state index contributed by atoms with van der Waals surface area (Å²) in [7, 11) is -3.29. The molecule has 0 atom stereocenters. The van der Waals surface area contributed by atoms with E-state index in [2.05, 4.69) is 5.32 Å². The lowest BCUT2D eigenvalue weighted by Gasteiger charge is -2.28. The average Bonchev–Trinajstić information content (AvgIpc) is 2.55. The fourth-order valence-electron chi connectivity index (χ4n) is 2.46. The maximum Gasteiger partial charge on any atom is 0.309 e. The molecule has 10 heteroatoms. The number of esters is 1. The number of rotatable bonds is 5. The van der Waals surface area contributed by atoms with Crippen LogP contribution >= 0.6 is 0 Å². The lowest BCUT2D eigenvalue weighted by atomic mass is 9.98. The highest BCUT2D eigenvalue weighted by Crippen LogP contribution is 2.20. The Hall–Kier alpha value is -2.07. The number of hydrogen-bond donors (Lipinski definition) is 1. The molecule has 0 bridgehead atoms. The molecule has 138 valence electrons. The van der Waals surface area contributed by atoms with E-state index < -0.39 is 46.1 Å². The number of carbonyl (C=O) groups is 2. The second-order valence-corrected chi connectivity index (χ2v) is 7.70. The molecule has 1 saturated heterocycles. The second kappa shape index (κ2) is 7.87. The normalized spacial score (nSPS) is 16.4. The highest BCUT2D eigenvalue weighted by molar-refractivity contribution is 7.88. The molecule has 1 amide bonds. The number of halogens is 2. The van der Waals surface area contributed by atoms with Gasteiger partial charge in [-0.05, 0) is 25.0 Å². The van der Waals surface area contributed by atoms with Gasteiger partial charge < -0.3 is 10.1 Å². The van der Waals surface area contributed by atoms with Crippen LogP contribution in [0.25, 0.3) is 0 Å². The van der Waals surface area contributed by atoms with Gasteiger partial charge in [0, 0.05) is 19.2 Å². The molecular weight excluding hydrogens is 358 g/mol. The van der Waals surface area contributed by atoms with Gasteiger partial charge in [0.05, 0.1) is 17.9 Å². The molecular formula is C15H18F2N2O5S. The molecule has 0 unspecified atom stereocenters. The Morgan fingerprint density at radius 2 is 1.92 bits per heavy atom. The smallest absolute Gasteiger partial charge is 0.309 e. The van der Waals surface area contributed by atoms with Gasteiger partial charge in [0.15, 0.2) is 6.61 Å². The molecule has 1 heterocycles. The van der Waals surface area contributed by atoms with E-state index in [1.807, 2.05) is 0 Å². The Bertz CT molecular complexity index is 761. The van der Waals surface area contributed by atoms with Crippen LogP contribution in [0, 0.1) is 17.6 Å². The van der Waals surface area contributed by atoms with E-state index in [0.717, 1.165) is 24.5 Å². The first-order chi connectivity index (χ1) is 11.7. The minimum absolute atomic E-state index is 0.208. The van der Waals surface area contributed by atoms with E-state index >= 15 is 0 Å². The fraction of sp³-hybridized carbons (Fsp3) is 0.467.